The number of hydrogen-bond acceptors (Lipinski definition) is 4. The second-order valence-electron chi connectivity index (χ2n) is 5.40. The molecule has 1 unspecified atom stereocenters. The number of carboxylic acids is 1. The van der Waals surface area contributed by atoms with Crippen LogP contribution in [0.3, 0.4) is 0 Å². The van der Waals surface area contributed by atoms with Crippen LogP contribution in [0.2, 0.25) is 0 Å². The van der Waals surface area contributed by atoms with Gasteiger partial charge in [0.1, 0.15) is 0 Å². The number of nitro benzene ring substituents is 1. The number of non-ortho nitro benzene ring substituents is 1. The molecule has 0 aromatic heterocycles. The van der Waals surface area contributed by atoms with E-state index in [1.807, 2.05) is 13.8 Å². The lowest BCUT2D eigenvalue weighted by molar-refractivity contribution is -0.384. The summed E-state index contributed by atoms with van der Waals surface area (Å²) < 4.78 is 0. The molecule has 7 heteroatoms. The average molecular weight is 294 g/mol. The van der Waals surface area contributed by atoms with Crippen LogP contribution >= 0.6 is 0 Å². The highest BCUT2D eigenvalue weighted by Crippen LogP contribution is 2.22. The van der Waals surface area contributed by atoms with Crippen LogP contribution < -0.4 is 5.32 Å². The predicted molar refractivity (Wildman–Crippen MR) is 76.1 cm³/mol. The number of nitrogens with zero attached hydrogens (tertiary/aromatic N) is 1. The van der Waals surface area contributed by atoms with Crippen molar-refractivity contribution in [3.05, 3.63) is 39.9 Å². The summed E-state index contributed by atoms with van der Waals surface area (Å²) in [4.78, 5) is 33.1. The van der Waals surface area contributed by atoms with E-state index >= 15 is 0 Å². The maximum Gasteiger partial charge on any atom is 0.305 e. The first kappa shape index (κ1) is 16.6. The van der Waals surface area contributed by atoms with Crippen LogP contribution in [0.25, 0.3) is 0 Å². The summed E-state index contributed by atoms with van der Waals surface area (Å²) in [5, 5.41) is 22.2. The SMILES string of the molecule is CC(C)C(C)(CC(=O)O)NC(=O)c1ccc([N+](=O)[O-])cc1. The number of carbonyl (C=O) groups excluding carboxylic acids is 1. The predicted octanol–water partition coefficient (Wildman–Crippen LogP) is 2.21. The van der Waals surface area contributed by atoms with E-state index in [-0.39, 0.29) is 23.6 Å². The minimum absolute atomic E-state index is 0.0874. The zero-order valence-corrected chi connectivity index (χ0v) is 12.1. The molecule has 0 bridgehead atoms. The Balaban J connectivity index is 2.92. The zero-order valence-electron chi connectivity index (χ0n) is 12.1. The van der Waals surface area contributed by atoms with Gasteiger partial charge in [-0.2, -0.15) is 0 Å². The Kier molecular flexibility index (Phi) is 5.02. The van der Waals surface area contributed by atoms with Gasteiger partial charge in [-0.1, -0.05) is 13.8 Å². The number of benzene rings is 1. The molecule has 7 nitrogen and oxygen atoms in total. The van der Waals surface area contributed by atoms with Crippen molar-refractivity contribution in [2.45, 2.75) is 32.7 Å². The van der Waals surface area contributed by atoms with E-state index in [0.717, 1.165) is 0 Å². The normalized spacial score (nSPS) is 13.5. The molecule has 0 spiro atoms. The van der Waals surface area contributed by atoms with Gasteiger partial charge in [-0.15, -0.1) is 0 Å². The summed E-state index contributed by atoms with van der Waals surface area (Å²) in [5.41, 5.74) is -0.758. The van der Waals surface area contributed by atoms with Crippen molar-refractivity contribution >= 4 is 17.6 Å². The van der Waals surface area contributed by atoms with Crippen molar-refractivity contribution in [2.75, 3.05) is 0 Å². The van der Waals surface area contributed by atoms with Crippen LogP contribution in [0.4, 0.5) is 5.69 Å². The van der Waals surface area contributed by atoms with E-state index in [0.29, 0.717) is 0 Å². The van der Waals surface area contributed by atoms with Crippen LogP contribution in [0.5, 0.6) is 0 Å². The lowest BCUT2D eigenvalue weighted by atomic mass is 9.85. The van der Waals surface area contributed by atoms with Crippen molar-refractivity contribution in [1.29, 1.82) is 0 Å². The Bertz CT molecular complexity index is 553. The molecular weight excluding hydrogens is 276 g/mol. The van der Waals surface area contributed by atoms with Crippen LogP contribution in [0.1, 0.15) is 37.6 Å². The van der Waals surface area contributed by atoms with Gasteiger partial charge >= 0.3 is 5.97 Å². The maximum atomic E-state index is 12.2. The molecule has 0 saturated carbocycles. The van der Waals surface area contributed by atoms with Gasteiger partial charge in [0.15, 0.2) is 0 Å². The molecule has 0 heterocycles. The van der Waals surface area contributed by atoms with Gasteiger partial charge in [-0.25, -0.2) is 0 Å². The van der Waals surface area contributed by atoms with E-state index in [2.05, 4.69) is 5.32 Å². The third-order valence-electron chi connectivity index (χ3n) is 3.53. The van der Waals surface area contributed by atoms with Crippen LogP contribution in [-0.4, -0.2) is 27.4 Å². The Morgan fingerprint density at radius 2 is 1.86 bits per heavy atom. The molecule has 0 aliphatic heterocycles. The first-order valence-electron chi connectivity index (χ1n) is 6.44. The smallest absolute Gasteiger partial charge is 0.305 e. The zero-order chi connectivity index (χ0) is 16.2. The maximum absolute atomic E-state index is 12.2. The molecule has 1 atom stereocenters. The van der Waals surface area contributed by atoms with E-state index in [1.54, 1.807) is 6.92 Å². The average Bonchev–Trinajstić information content (AvgIpc) is 2.37. The molecule has 1 amide bonds. The number of carbonyl (C=O) groups is 2. The van der Waals surface area contributed by atoms with Crippen molar-refractivity contribution in [2.24, 2.45) is 5.92 Å². The topological polar surface area (TPSA) is 110 Å². The van der Waals surface area contributed by atoms with Gasteiger partial charge in [0.25, 0.3) is 11.6 Å². The second-order valence-corrected chi connectivity index (χ2v) is 5.40. The summed E-state index contributed by atoms with van der Waals surface area (Å²) in [6.45, 7) is 5.30. The molecule has 2 N–H and O–H groups in total. The second kappa shape index (κ2) is 6.34. The van der Waals surface area contributed by atoms with Crippen LogP contribution in [0.15, 0.2) is 24.3 Å². The first-order valence-corrected chi connectivity index (χ1v) is 6.44. The Morgan fingerprint density at radius 1 is 1.33 bits per heavy atom. The molecule has 0 aliphatic carbocycles. The summed E-state index contributed by atoms with van der Waals surface area (Å²) >= 11 is 0. The van der Waals surface area contributed by atoms with Gasteiger partial charge in [-0.05, 0) is 25.0 Å². The Morgan fingerprint density at radius 3 is 2.24 bits per heavy atom. The molecule has 0 radical (unpaired) electrons. The largest absolute Gasteiger partial charge is 0.481 e. The molecule has 0 saturated heterocycles. The Hall–Kier alpha value is -2.44. The summed E-state index contributed by atoms with van der Waals surface area (Å²) in [6.07, 6.45) is -0.205. The number of hydrogen-bond donors (Lipinski definition) is 2. The molecule has 114 valence electrons. The Labute approximate surface area is 122 Å². The molecular formula is C14H18N2O5. The van der Waals surface area contributed by atoms with Crippen molar-refractivity contribution in [3.8, 4) is 0 Å². The van der Waals surface area contributed by atoms with Crippen LogP contribution in [0, 0.1) is 16.0 Å². The highest BCUT2D eigenvalue weighted by atomic mass is 16.6. The van der Waals surface area contributed by atoms with E-state index in [4.69, 9.17) is 5.11 Å². The van der Waals surface area contributed by atoms with Crippen molar-refractivity contribution < 1.29 is 19.6 Å². The number of amides is 1. The number of rotatable bonds is 6. The third-order valence-corrected chi connectivity index (χ3v) is 3.53. The lowest BCUT2D eigenvalue weighted by Crippen LogP contribution is -2.51. The molecule has 0 aliphatic rings. The molecule has 1 aromatic carbocycles. The standard InChI is InChI=1S/C14H18N2O5/c1-9(2)14(3,8-12(17)18)15-13(19)10-4-6-11(7-5-10)16(20)21/h4-7,9H,8H2,1-3H3,(H,15,19)(H,17,18). The number of nitrogens with one attached hydrogen (secondary N) is 1. The molecule has 1 aromatic rings. The van der Waals surface area contributed by atoms with Crippen molar-refractivity contribution in [1.82, 2.24) is 5.32 Å². The van der Waals surface area contributed by atoms with Crippen LogP contribution in [-0.2, 0) is 4.79 Å². The van der Waals surface area contributed by atoms with Gasteiger partial charge in [0, 0.05) is 17.7 Å². The fraction of sp³-hybridized carbons (Fsp3) is 0.429. The third kappa shape index (κ3) is 4.27. The number of nitro groups is 1. The number of aliphatic carboxylic acids is 1. The quantitative estimate of drug-likeness (QED) is 0.617. The highest BCUT2D eigenvalue weighted by Gasteiger charge is 2.33. The fourth-order valence-electron chi connectivity index (χ4n) is 1.77. The van der Waals surface area contributed by atoms with Gasteiger partial charge in [0.2, 0.25) is 0 Å². The van der Waals surface area contributed by atoms with E-state index in [9.17, 15) is 19.7 Å². The minimum atomic E-state index is -1.00. The van der Waals surface area contributed by atoms with E-state index < -0.39 is 22.3 Å². The molecule has 21 heavy (non-hydrogen) atoms. The monoisotopic (exact) mass is 294 g/mol. The van der Waals surface area contributed by atoms with Gasteiger partial charge in [0.05, 0.1) is 16.9 Å². The number of carboxylic acid groups (broad SMARTS) is 1. The molecule has 1 rings (SSSR count). The summed E-state index contributed by atoms with van der Waals surface area (Å²) in [6, 6.07) is 5.15. The lowest BCUT2D eigenvalue weighted by Gasteiger charge is -2.33. The summed E-state index contributed by atoms with van der Waals surface area (Å²) in [5.74, 6) is -1.55. The first-order chi connectivity index (χ1) is 9.65. The van der Waals surface area contributed by atoms with E-state index in [1.165, 1.54) is 24.3 Å². The van der Waals surface area contributed by atoms with Crippen molar-refractivity contribution in [3.63, 3.8) is 0 Å². The minimum Gasteiger partial charge on any atom is -0.481 e. The fourth-order valence-corrected chi connectivity index (χ4v) is 1.77. The van der Waals surface area contributed by atoms with Gasteiger partial charge < -0.3 is 10.4 Å². The highest BCUT2D eigenvalue weighted by molar-refractivity contribution is 5.95. The van der Waals surface area contributed by atoms with Gasteiger partial charge in [-0.3, -0.25) is 19.7 Å². The summed E-state index contributed by atoms with van der Waals surface area (Å²) in [7, 11) is 0. The molecule has 0 fully saturated rings.